The van der Waals surface area contributed by atoms with E-state index >= 15 is 0 Å². The minimum absolute atomic E-state index is 0.0380. The number of aromatic nitrogens is 2. The molecule has 122 valence electrons. The number of rotatable bonds is 7. The molecule has 5 heteroatoms. The predicted octanol–water partition coefficient (Wildman–Crippen LogP) is 3.79. The average molecular weight is 312 g/mol. The Morgan fingerprint density at radius 3 is 2.48 bits per heavy atom. The second-order valence-corrected chi connectivity index (χ2v) is 5.50. The van der Waals surface area contributed by atoms with Gasteiger partial charge in [-0.05, 0) is 37.5 Å². The second kappa shape index (κ2) is 8.27. The van der Waals surface area contributed by atoms with Crippen LogP contribution in [0.15, 0.2) is 36.5 Å². The molecule has 1 aromatic carbocycles. The highest BCUT2D eigenvalue weighted by atomic mass is 16.2. The summed E-state index contributed by atoms with van der Waals surface area (Å²) in [5.41, 5.74) is 2.47. The predicted molar refractivity (Wildman–Crippen MR) is 93.0 cm³/mol. The van der Waals surface area contributed by atoms with Gasteiger partial charge in [0.2, 0.25) is 5.95 Å². The van der Waals surface area contributed by atoms with Gasteiger partial charge in [0.05, 0.1) is 0 Å². The summed E-state index contributed by atoms with van der Waals surface area (Å²) < 4.78 is 0. The summed E-state index contributed by atoms with van der Waals surface area (Å²) in [5.74, 6) is 0.405. The summed E-state index contributed by atoms with van der Waals surface area (Å²) in [4.78, 5) is 23.0. The Morgan fingerprint density at radius 2 is 1.83 bits per heavy atom. The first kappa shape index (κ1) is 16.9. The molecule has 1 amide bonds. The third kappa shape index (κ3) is 4.52. The number of amides is 1. The van der Waals surface area contributed by atoms with Crippen LogP contribution >= 0.6 is 0 Å². The van der Waals surface area contributed by atoms with E-state index in [-0.39, 0.29) is 5.91 Å². The van der Waals surface area contributed by atoms with Gasteiger partial charge in [0.15, 0.2) is 0 Å². The zero-order chi connectivity index (χ0) is 16.7. The average Bonchev–Trinajstić information content (AvgIpc) is 2.56. The van der Waals surface area contributed by atoms with Crippen molar-refractivity contribution in [3.8, 4) is 0 Å². The first-order valence-corrected chi connectivity index (χ1v) is 8.10. The summed E-state index contributed by atoms with van der Waals surface area (Å²) in [6, 6.07) is 9.59. The summed E-state index contributed by atoms with van der Waals surface area (Å²) in [6.45, 7) is 7.65. The molecule has 23 heavy (non-hydrogen) atoms. The number of nitrogens with zero attached hydrogens (tertiary/aromatic N) is 3. The molecule has 0 bridgehead atoms. The summed E-state index contributed by atoms with van der Waals surface area (Å²) in [7, 11) is 0. The highest BCUT2D eigenvalue weighted by Crippen LogP contribution is 2.17. The quantitative estimate of drug-likeness (QED) is 0.845. The molecule has 0 aliphatic rings. The number of hydrogen-bond donors (Lipinski definition) is 1. The van der Waals surface area contributed by atoms with Crippen LogP contribution in [0.2, 0.25) is 0 Å². The monoisotopic (exact) mass is 312 g/mol. The second-order valence-electron chi connectivity index (χ2n) is 5.50. The van der Waals surface area contributed by atoms with Crippen LogP contribution in [0.4, 0.5) is 11.6 Å². The lowest BCUT2D eigenvalue weighted by Gasteiger charge is -2.21. The molecule has 1 aromatic heterocycles. The van der Waals surface area contributed by atoms with Crippen molar-refractivity contribution in [1.82, 2.24) is 14.9 Å². The van der Waals surface area contributed by atoms with Gasteiger partial charge in [-0.15, -0.1) is 0 Å². The van der Waals surface area contributed by atoms with E-state index in [0.717, 1.165) is 37.2 Å². The molecule has 0 saturated carbocycles. The first-order valence-electron chi connectivity index (χ1n) is 8.10. The number of carbonyl (C=O) groups excluding carboxylic acids is 1. The van der Waals surface area contributed by atoms with Crippen LogP contribution in [0.3, 0.4) is 0 Å². The number of aryl methyl sites for hydroxylation is 1. The Balaban J connectivity index is 2.18. The van der Waals surface area contributed by atoms with E-state index in [1.807, 2.05) is 36.1 Å². The lowest BCUT2D eigenvalue weighted by molar-refractivity contribution is 0.0749. The molecule has 1 N–H and O–H groups in total. The van der Waals surface area contributed by atoms with E-state index in [1.54, 1.807) is 12.3 Å². The maximum Gasteiger partial charge on any atom is 0.272 e. The zero-order valence-electron chi connectivity index (χ0n) is 14.0. The van der Waals surface area contributed by atoms with Crippen molar-refractivity contribution in [3.05, 3.63) is 47.8 Å². The maximum absolute atomic E-state index is 12.6. The zero-order valence-corrected chi connectivity index (χ0v) is 14.0. The van der Waals surface area contributed by atoms with Gasteiger partial charge >= 0.3 is 0 Å². The fourth-order valence-electron chi connectivity index (χ4n) is 2.39. The van der Waals surface area contributed by atoms with Crippen LogP contribution in [0.25, 0.3) is 0 Å². The fourth-order valence-corrected chi connectivity index (χ4v) is 2.39. The number of nitrogens with one attached hydrogen (secondary N) is 1. The molecule has 1 heterocycles. The molecular formula is C18H24N4O. The molecule has 0 aliphatic heterocycles. The highest BCUT2D eigenvalue weighted by molar-refractivity contribution is 5.92. The van der Waals surface area contributed by atoms with Gasteiger partial charge in [0.1, 0.15) is 5.69 Å². The lowest BCUT2D eigenvalue weighted by Crippen LogP contribution is -2.33. The number of carbonyl (C=O) groups is 1. The van der Waals surface area contributed by atoms with Gasteiger partial charge in [0, 0.05) is 25.0 Å². The van der Waals surface area contributed by atoms with Gasteiger partial charge in [0.25, 0.3) is 5.91 Å². The van der Waals surface area contributed by atoms with Crippen LogP contribution < -0.4 is 5.32 Å². The van der Waals surface area contributed by atoms with Gasteiger partial charge in [-0.3, -0.25) is 4.79 Å². The smallest absolute Gasteiger partial charge is 0.272 e. The third-order valence-corrected chi connectivity index (χ3v) is 3.54. The van der Waals surface area contributed by atoms with Gasteiger partial charge in [-0.25, -0.2) is 9.97 Å². The van der Waals surface area contributed by atoms with Crippen LogP contribution in [0.5, 0.6) is 0 Å². The largest absolute Gasteiger partial charge is 0.337 e. The van der Waals surface area contributed by atoms with E-state index in [0.29, 0.717) is 11.6 Å². The van der Waals surface area contributed by atoms with Crippen LogP contribution in [-0.4, -0.2) is 33.9 Å². The van der Waals surface area contributed by atoms with Crippen molar-refractivity contribution in [2.75, 3.05) is 18.4 Å². The van der Waals surface area contributed by atoms with E-state index in [9.17, 15) is 4.79 Å². The van der Waals surface area contributed by atoms with Crippen molar-refractivity contribution in [3.63, 3.8) is 0 Å². The minimum atomic E-state index is -0.0380. The van der Waals surface area contributed by atoms with Crippen molar-refractivity contribution in [1.29, 1.82) is 0 Å². The summed E-state index contributed by atoms with van der Waals surface area (Å²) in [5, 5.41) is 3.18. The number of anilines is 2. The molecule has 0 fully saturated rings. The number of benzene rings is 1. The normalized spacial score (nSPS) is 10.4. The van der Waals surface area contributed by atoms with Crippen LogP contribution in [-0.2, 0) is 0 Å². The molecule has 0 unspecified atom stereocenters. The van der Waals surface area contributed by atoms with Crippen LogP contribution in [0.1, 0.15) is 42.7 Å². The van der Waals surface area contributed by atoms with Crippen molar-refractivity contribution in [2.45, 2.75) is 33.6 Å². The molecule has 0 aliphatic carbocycles. The summed E-state index contributed by atoms with van der Waals surface area (Å²) in [6.07, 6.45) is 3.49. The molecule has 0 spiro atoms. The van der Waals surface area contributed by atoms with Crippen LogP contribution in [0, 0.1) is 6.92 Å². The lowest BCUT2D eigenvalue weighted by atomic mass is 10.2. The Labute approximate surface area is 137 Å². The molecule has 2 aromatic rings. The Kier molecular flexibility index (Phi) is 6.09. The van der Waals surface area contributed by atoms with Crippen molar-refractivity contribution in [2.24, 2.45) is 0 Å². The van der Waals surface area contributed by atoms with E-state index in [1.165, 1.54) is 0 Å². The third-order valence-electron chi connectivity index (χ3n) is 3.54. The van der Waals surface area contributed by atoms with Crippen molar-refractivity contribution < 1.29 is 4.79 Å². The maximum atomic E-state index is 12.6. The first-order chi connectivity index (χ1) is 11.2. The molecule has 0 radical (unpaired) electrons. The molecule has 5 nitrogen and oxygen atoms in total. The SMILES string of the molecule is CCCN(CCC)C(=O)c1ccnc(Nc2ccccc2C)n1. The number of hydrogen-bond acceptors (Lipinski definition) is 4. The molecule has 0 saturated heterocycles. The van der Waals surface area contributed by atoms with E-state index in [4.69, 9.17) is 0 Å². The Hall–Kier alpha value is -2.43. The standard InChI is InChI=1S/C18H24N4O/c1-4-12-22(13-5-2)17(23)16-10-11-19-18(21-16)20-15-9-7-6-8-14(15)3/h6-11H,4-5,12-13H2,1-3H3,(H,19,20,21). The van der Waals surface area contributed by atoms with E-state index in [2.05, 4.69) is 29.1 Å². The highest BCUT2D eigenvalue weighted by Gasteiger charge is 2.16. The Morgan fingerprint density at radius 1 is 1.13 bits per heavy atom. The Bertz CT molecular complexity index is 651. The molecule has 0 atom stereocenters. The van der Waals surface area contributed by atoms with Crippen molar-refractivity contribution >= 4 is 17.5 Å². The molecule has 2 rings (SSSR count). The molecular weight excluding hydrogens is 288 g/mol. The topological polar surface area (TPSA) is 58.1 Å². The summed E-state index contributed by atoms with van der Waals surface area (Å²) >= 11 is 0. The number of para-hydroxylation sites is 1. The minimum Gasteiger partial charge on any atom is -0.337 e. The fraction of sp³-hybridized carbons (Fsp3) is 0.389. The van der Waals surface area contributed by atoms with Gasteiger partial charge in [-0.2, -0.15) is 0 Å². The van der Waals surface area contributed by atoms with E-state index < -0.39 is 0 Å². The van der Waals surface area contributed by atoms with Gasteiger partial charge in [-0.1, -0.05) is 32.0 Å². The van der Waals surface area contributed by atoms with Gasteiger partial charge < -0.3 is 10.2 Å².